The van der Waals surface area contributed by atoms with E-state index in [-0.39, 0.29) is 29.6 Å². The summed E-state index contributed by atoms with van der Waals surface area (Å²) in [7, 11) is 1.52. The van der Waals surface area contributed by atoms with Crippen molar-refractivity contribution < 1.29 is 33.7 Å². The number of ether oxygens (including phenoxy) is 3. The first-order valence-electron chi connectivity index (χ1n) is 11.3. The SMILES string of the molecule is COCC1=C[C@@H]2C(=O)[C@]3(C=C(C)[C@H](OC(C)=O)[C@@]3(O)[C@@H]1OC(C)=O)[C@H](C)C[C@@H]1[C@H]2C1(C)C. The number of fused-ring (bicyclic) bond motifs is 3. The molecule has 1 spiro atoms. The Hall–Kier alpha value is -1.99. The summed E-state index contributed by atoms with van der Waals surface area (Å²) in [5, 5.41) is 12.6. The van der Waals surface area contributed by atoms with Crippen LogP contribution in [0.15, 0.2) is 23.3 Å². The minimum atomic E-state index is -1.97. The lowest BCUT2D eigenvalue weighted by molar-refractivity contribution is -0.211. The number of allylic oxidation sites excluding steroid dienone is 1. The molecule has 0 aromatic heterocycles. The second-order valence-electron chi connectivity index (χ2n) is 10.7. The summed E-state index contributed by atoms with van der Waals surface area (Å²) in [5.41, 5.74) is -2.20. The fraction of sp³-hybridized carbons (Fsp3) is 0.720. The fourth-order valence-corrected chi connectivity index (χ4v) is 7.22. The summed E-state index contributed by atoms with van der Waals surface area (Å²) in [6.07, 6.45) is 2.10. The monoisotopic (exact) mass is 446 g/mol. The number of aliphatic hydroxyl groups is 1. The molecule has 0 radical (unpaired) electrons. The summed E-state index contributed by atoms with van der Waals surface area (Å²) in [6.45, 7) is 10.7. The molecule has 8 atom stereocenters. The Morgan fingerprint density at radius 1 is 1.16 bits per heavy atom. The van der Waals surface area contributed by atoms with E-state index in [4.69, 9.17) is 14.2 Å². The summed E-state index contributed by atoms with van der Waals surface area (Å²) in [5.74, 6) is -1.49. The summed E-state index contributed by atoms with van der Waals surface area (Å²) in [4.78, 5) is 38.6. The molecule has 0 heterocycles. The molecule has 0 unspecified atom stereocenters. The van der Waals surface area contributed by atoms with Gasteiger partial charge in [0.05, 0.1) is 12.0 Å². The number of hydrogen-bond acceptors (Lipinski definition) is 7. The van der Waals surface area contributed by atoms with Gasteiger partial charge in [0.15, 0.2) is 23.6 Å². The van der Waals surface area contributed by atoms with Gasteiger partial charge in [-0.2, -0.15) is 0 Å². The molecule has 0 amide bonds. The minimum absolute atomic E-state index is 0.00306. The second kappa shape index (κ2) is 7.26. The average molecular weight is 447 g/mol. The number of methoxy groups -OCH3 is 1. The van der Waals surface area contributed by atoms with Gasteiger partial charge in [-0.05, 0) is 47.7 Å². The number of rotatable bonds is 4. The molecule has 2 bridgehead atoms. The van der Waals surface area contributed by atoms with Crippen LogP contribution in [-0.2, 0) is 28.6 Å². The summed E-state index contributed by atoms with van der Waals surface area (Å²) in [6, 6.07) is 0. The van der Waals surface area contributed by atoms with Crippen LogP contribution in [0.1, 0.15) is 48.0 Å². The molecule has 0 aromatic carbocycles. The maximum atomic E-state index is 14.4. The van der Waals surface area contributed by atoms with Gasteiger partial charge < -0.3 is 19.3 Å². The number of hydrogen-bond donors (Lipinski definition) is 1. The molecule has 0 aliphatic heterocycles. The van der Waals surface area contributed by atoms with Gasteiger partial charge in [0.25, 0.3) is 0 Å². The Bertz CT molecular complexity index is 931. The number of Topliss-reactive ketones (excluding diaryl/α,β-unsaturated/α-hetero) is 1. The van der Waals surface area contributed by atoms with Crippen LogP contribution in [-0.4, -0.2) is 54.4 Å². The van der Waals surface area contributed by atoms with Crippen LogP contribution in [0.5, 0.6) is 0 Å². The molecular formula is C25H34O7. The zero-order valence-corrected chi connectivity index (χ0v) is 19.9. The highest BCUT2D eigenvalue weighted by Crippen LogP contribution is 2.71. The maximum Gasteiger partial charge on any atom is 0.303 e. The lowest BCUT2D eigenvalue weighted by Crippen LogP contribution is -2.66. The van der Waals surface area contributed by atoms with E-state index in [1.807, 2.05) is 13.0 Å². The highest BCUT2D eigenvalue weighted by atomic mass is 16.6. The number of ketones is 1. The molecule has 7 heteroatoms. The highest BCUT2D eigenvalue weighted by molar-refractivity contribution is 5.95. The van der Waals surface area contributed by atoms with Crippen molar-refractivity contribution in [2.45, 2.75) is 65.8 Å². The summed E-state index contributed by atoms with van der Waals surface area (Å²) >= 11 is 0. The first kappa shape index (κ1) is 23.2. The van der Waals surface area contributed by atoms with Gasteiger partial charge in [0, 0.05) is 26.9 Å². The normalized spacial score (nSPS) is 43.7. The number of carbonyl (C=O) groups excluding carboxylic acids is 3. The molecule has 0 saturated heterocycles. The largest absolute Gasteiger partial charge is 0.455 e. The van der Waals surface area contributed by atoms with E-state index in [1.54, 1.807) is 13.0 Å². The molecule has 7 nitrogen and oxygen atoms in total. The molecule has 4 rings (SSSR count). The standard InChI is InChI=1S/C25H34O7/c1-12-10-24-13(2)8-18-19(23(18,5)6)17(20(24)28)9-16(11-30-7)22(32-15(4)27)25(24,29)21(12)31-14(3)26/h9-10,13,17-19,21-22,29H,8,11H2,1-7H3/t13-,17+,18-,19+,21+,22-,24+,25-/m1/s1. The Kier molecular flexibility index (Phi) is 5.25. The van der Waals surface area contributed by atoms with Crippen LogP contribution >= 0.6 is 0 Å². The van der Waals surface area contributed by atoms with Crippen molar-refractivity contribution in [3.63, 3.8) is 0 Å². The Morgan fingerprint density at radius 2 is 1.75 bits per heavy atom. The Labute approximate surface area is 189 Å². The van der Waals surface area contributed by atoms with Crippen molar-refractivity contribution in [1.29, 1.82) is 0 Å². The average Bonchev–Trinajstić information content (AvgIpc) is 3.17. The Morgan fingerprint density at radius 3 is 2.31 bits per heavy atom. The van der Waals surface area contributed by atoms with Crippen LogP contribution < -0.4 is 0 Å². The van der Waals surface area contributed by atoms with Gasteiger partial charge >= 0.3 is 11.9 Å². The van der Waals surface area contributed by atoms with Crippen molar-refractivity contribution >= 4 is 17.7 Å². The van der Waals surface area contributed by atoms with Gasteiger partial charge in [0.1, 0.15) is 0 Å². The van der Waals surface area contributed by atoms with Crippen LogP contribution in [0.25, 0.3) is 0 Å². The summed E-state index contributed by atoms with van der Waals surface area (Å²) < 4.78 is 16.8. The van der Waals surface area contributed by atoms with Gasteiger partial charge in [-0.3, -0.25) is 14.4 Å². The molecule has 176 valence electrons. The predicted molar refractivity (Wildman–Crippen MR) is 115 cm³/mol. The third-order valence-electron chi connectivity index (χ3n) is 8.56. The number of carbonyl (C=O) groups is 3. The van der Waals surface area contributed by atoms with Gasteiger partial charge in [-0.25, -0.2) is 0 Å². The minimum Gasteiger partial charge on any atom is -0.455 e. The third kappa shape index (κ3) is 2.83. The van der Waals surface area contributed by atoms with Gasteiger partial charge in [-0.1, -0.05) is 32.9 Å². The number of esters is 2. The van der Waals surface area contributed by atoms with E-state index in [1.165, 1.54) is 21.0 Å². The predicted octanol–water partition coefficient (Wildman–Crippen LogP) is 2.61. The molecule has 4 aliphatic rings. The van der Waals surface area contributed by atoms with E-state index < -0.39 is 41.1 Å². The maximum absolute atomic E-state index is 14.4. The van der Waals surface area contributed by atoms with Crippen molar-refractivity contribution in [2.24, 2.45) is 34.5 Å². The van der Waals surface area contributed by atoms with E-state index in [9.17, 15) is 19.5 Å². The van der Waals surface area contributed by atoms with Crippen LogP contribution in [0, 0.1) is 34.5 Å². The highest BCUT2D eigenvalue weighted by Gasteiger charge is 2.77. The molecule has 2 saturated carbocycles. The zero-order valence-electron chi connectivity index (χ0n) is 19.9. The van der Waals surface area contributed by atoms with E-state index in [0.717, 1.165) is 6.42 Å². The topological polar surface area (TPSA) is 99.1 Å². The van der Waals surface area contributed by atoms with Crippen molar-refractivity contribution in [2.75, 3.05) is 13.7 Å². The molecule has 2 fully saturated rings. The van der Waals surface area contributed by atoms with E-state index in [0.29, 0.717) is 17.1 Å². The van der Waals surface area contributed by atoms with E-state index in [2.05, 4.69) is 13.8 Å². The quantitative estimate of drug-likeness (QED) is 0.523. The first-order valence-corrected chi connectivity index (χ1v) is 11.3. The molecule has 0 aromatic rings. The van der Waals surface area contributed by atoms with Gasteiger partial charge in [-0.15, -0.1) is 0 Å². The zero-order chi connectivity index (χ0) is 23.8. The second-order valence-corrected chi connectivity index (χ2v) is 10.7. The fourth-order valence-electron chi connectivity index (χ4n) is 7.22. The van der Waals surface area contributed by atoms with Crippen LogP contribution in [0.2, 0.25) is 0 Å². The molecular weight excluding hydrogens is 412 g/mol. The smallest absolute Gasteiger partial charge is 0.303 e. The lowest BCUT2D eigenvalue weighted by Gasteiger charge is -2.49. The molecule has 4 aliphatic carbocycles. The third-order valence-corrected chi connectivity index (χ3v) is 8.56. The Balaban J connectivity index is 2.01. The van der Waals surface area contributed by atoms with Gasteiger partial charge in [0.2, 0.25) is 0 Å². The van der Waals surface area contributed by atoms with Crippen molar-refractivity contribution in [1.82, 2.24) is 0 Å². The first-order chi connectivity index (χ1) is 14.8. The van der Waals surface area contributed by atoms with Crippen molar-refractivity contribution in [3.8, 4) is 0 Å². The van der Waals surface area contributed by atoms with Crippen LogP contribution in [0.4, 0.5) is 0 Å². The van der Waals surface area contributed by atoms with Crippen LogP contribution in [0.3, 0.4) is 0 Å². The molecule has 32 heavy (non-hydrogen) atoms. The molecule has 1 N–H and O–H groups in total. The van der Waals surface area contributed by atoms with Crippen molar-refractivity contribution in [3.05, 3.63) is 23.3 Å². The lowest BCUT2D eigenvalue weighted by atomic mass is 9.59. The van der Waals surface area contributed by atoms with E-state index >= 15 is 0 Å².